The summed E-state index contributed by atoms with van der Waals surface area (Å²) in [5, 5.41) is 13.1. The number of rotatable bonds is 4. The number of piperazine rings is 1. The van der Waals surface area contributed by atoms with Gasteiger partial charge in [0, 0.05) is 38.6 Å². The van der Waals surface area contributed by atoms with Gasteiger partial charge in [-0.15, -0.1) is 12.4 Å². The number of benzene rings is 1. The SMILES string of the molecule is Cl.Oc1c(I)cc([C@@H](CCC(F)(F)F)N2CCNCC2)cc1I. The van der Waals surface area contributed by atoms with Crippen LogP contribution in [0.1, 0.15) is 24.4 Å². The van der Waals surface area contributed by atoms with E-state index in [9.17, 15) is 18.3 Å². The summed E-state index contributed by atoms with van der Waals surface area (Å²) in [7, 11) is 0. The van der Waals surface area contributed by atoms with Gasteiger partial charge in [-0.3, -0.25) is 4.90 Å². The van der Waals surface area contributed by atoms with Gasteiger partial charge in [-0.1, -0.05) is 0 Å². The number of nitrogens with zero attached hydrogens (tertiary/aromatic N) is 1. The minimum atomic E-state index is -4.15. The first-order chi connectivity index (χ1) is 10.3. The lowest BCUT2D eigenvalue weighted by Crippen LogP contribution is -2.45. The highest BCUT2D eigenvalue weighted by molar-refractivity contribution is 14.1. The molecule has 0 saturated carbocycles. The van der Waals surface area contributed by atoms with Crippen molar-refractivity contribution in [3.63, 3.8) is 0 Å². The Hall–Kier alpha value is 0.480. The molecule has 9 heteroatoms. The standard InChI is InChI=1S/C14H17F3I2N2O.ClH/c15-14(16,17)2-1-12(21-5-3-20-4-6-21)9-7-10(18)13(22)11(19)8-9;/h7-8,12,20,22H,1-6H2;1H/t12-;/m1./s1. The molecule has 0 bridgehead atoms. The monoisotopic (exact) mass is 576 g/mol. The summed E-state index contributed by atoms with van der Waals surface area (Å²) in [6, 6.07) is 3.31. The van der Waals surface area contributed by atoms with Gasteiger partial charge in [-0.2, -0.15) is 13.2 Å². The molecule has 0 aliphatic carbocycles. The predicted octanol–water partition coefficient (Wildman–Crippen LogP) is 4.31. The lowest BCUT2D eigenvalue weighted by atomic mass is 9.99. The molecule has 1 aromatic rings. The number of alkyl halides is 3. The number of nitrogens with one attached hydrogen (secondary N) is 1. The predicted molar refractivity (Wildman–Crippen MR) is 103 cm³/mol. The number of phenolic OH excluding ortho intramolecular Hbond substituents is 1. The Morgan fingerprint density at radius 3 is 2.17 bits per heavy atom. The topological polar surface area (TPSA) is 35.5 Å². The second-order valence-corrected chi connectivity index (χ2v) is 7.61. The summed E-state index contributed by atoms with van der Waals surface area (Å²) in [4.78, 5) is 2.10. The molecule has 2 N–H and O–H groups in total. The second kappa shape index (κ2) is 9.25. The Labute approximate surface area is 167 Å². The Kier molecular flexibility index (Phi) is 8.66. The van der Waals surface area contributed by atoms with Crippen molar-refractivity contribution in [3.05, 3.63) is 24.8 Å². The molecule has 0 unspecified atom stereocenters. The molecule has 1 atom stereocenters. The van der Waals surface area contributed by atoms with Gasteiger partial charge in [0.15, 0.2) is 0 Å². The highest BCUT2D eigenvalue weighted by Crippen LogP contribution is 2.36. The molecule has 0 radical (unpaired) electrons. The van der Waals surface area contributed by atoms with Gasteiger partial charge in [0.1, 0.15) is 5.75 Å². The molecular weight excluding hydrogens is 558 g/mol. The molecule has 132 valence electrons. The zero-order chi connectivity index (χ0) is 16.3. The van der Waals surface area contributed by atoms with Crippen LogP contribution in [0, 0.1) is 7.14 Å². The van der Waals surface area contributed by atoms with Crippen molar-refractivity contribution in [2.75, 3.05) is 26.2 Å². The largest absolute Gasteiger partial charge is 0.506 e. The van der Waals surface area contributed by atoms with E-state index < -0.39 is 12.6 Å². The normalized spacial score (nSPS) is 17.6. The molecule has 23 heavy (non-hydrogen) atoms. The van der Waals surface area contributed by atoms with E-state index in [1.54, 1.807) is 12.1 Å². The van der Waals surface area contributed by atoms with Gasteiger partial charge in [0.05, 0.1) is 7.14 Å². The van der Waals surface area contributed by atoms with E-state index in [-0.39, 0.29) is 30.6 Å². The number of hydrogen-bond donors (Lipinski definition) is 2. The average molecular weight is 577 g/mol. The van der Waals surface area contributed by atoms with Crippen LogP contribution < -0.4 is 5.32 Å². The number of aromatic hydroxyl groups is 1. The Morgan fingerprint density at radius 2 is 1.70 bits per heavy atom. The lowest BCUT2D eigenvalue weighted by molar-refractivity contribution is -0.138. The Bertz CT molecular complexity index is 502. The van der Waals surface area contributed by atoms with Crippen molar-refractivity contribution >= 4 is 57.6 Å². The summed E-state index contributed by atoms with van der Waals surface area (Å²) in [5.41, 5.74) is 0.845. The van der Waals surface area contributed by atoms with Crippen molar-refractivity contribution in [3.8, 4) is 5.75 Å². The van der Waals surface area contributed by atoms with Crippen LogP contribution in [0.2, 0.25) is 0 Å². The van der Waals surface area contributed by atoms with Gasteiger partial charge in [0.25, 0.3) is 0 Å². The molecule has 1 aromatic carbocycles. The van der Waals surface area contributed by atoms with E-state index in [0.717, 1.165) is 31.7 Å². The van der Waals surface area contributed by atoms with Crippen LogP contribution in [-0.2, 0) is 0 Å². The summed E-state index contributed by atoms with van der Waals surface area (Å²) >= 11 is 4.03. The Balaban J connectivity index is 0.00000264. The molecule has 1 fully saturated rings. The molecular formula is C14H18ClF3I2N2O. The van der Waals surface area contributed by atoms with Gasteiger partial charge in [-0.25, -0.2) is 0 Å². The molecule has 0 amide bonds. The fourth-order valence-corrected chi connectivity index (χ4v) is 4.45. The Morgan fingerprint density at radius 1 is 1.17 bits per heavy atom. The van der Waals surface area contributed by atoms with Crippen molar-refractivity contribution in [1.82, 2.24) is 10.2 Å². The third-order valence-electron chi connectivity index (χ3n) is 3.72. The van der Waals surface area contributed by atoms with Crippen LogP contribution in [0.4, 0.5) is 13.2 Å². The fraction of sp³-hybridized carbons (Fsp3) is 0.571. The van der Waals surface area contributed by atoms with Crippen molar-refractivity contribution < 1.29 is 18.3 Å². The molecule has 1 aliphatic rings. The van der Waals surface area contributed by atoms with Crippen LogP contribution in [0.3, 0.4) is 0 Å². The molecule has 0 spiro atoms. The number of phenols is 1. The zero-order valence-corrected chi connectivity index (χ0v) is 17.3. The van der Waals surface area contributed by atoms with Gasteiger partial charge >= 0.3 is 6.18 Å². The molecule has 0 aromatic heterocycles. The van der Waals surface area contributed by atoms with Crippen molar-refractivity contribution in [1.29, 1.82) is 0 Å². The first-order valence-electron chi connectivity index (χ1n) is 6.97. The molecule has 2 rings (SSSR count). The summed E-state index contributed by atoms with van der Waals surface area (Å²) in [6.45, 7) is 3.04. The van der Waals surface area contributed by atoms with E-state index in [0.29, 0.717) is 7.14 Å². The van der Waals surface area contributed by atoms with Gasteiger partial charge in [-0.05, 0) is 69.3 Å². The quantitative estimate of drug-likeness (QED) is 0.525. The maximum Gasteiger partial charge on any atom is 0.389 e. The van der Waals surface area contributed by atoms with E-state index >= 15 is 0 Å². The van der Waals surface area contributed by atoms with Crippen LogP contribution in [0.25, 0.3) is 0 Å². The average Bonchev–Trinajstić information content (AvgIpc) is 2.45. The van der Waals surface area contributed by atoms with Gasteiger partial charge in [0.2, 0.25) is 0 Å². The molecule has 1 aliphatic heterocycles. The smallest absolute Gasteiger partial charge is 0.389 e. The van der Waals surface area contributed by atoms with Crippen molar-refractivity contribution in [2.24, 2.45) is 0 Å². The lowest BCUT2D eigenvalue weighted by Gasteiger charge is -2.35. The van der Waals surface area contributed by atoms with E-state index in [1.807, 2.05) is 45.2 Å². The first kappa shape index (κ1) is 21.5. The highest BCUT2D eigenvalue weighted by atomic mass is 127. The summed E-state index contributed by atoms with van der Waals surface area (Å²) < 4.78 is 39.3. The fourth-order valence-electron chi connectivity index (χ4n) is 2.63. The summed E-state index contributed by atoms with van der Waals surface area (Å²) in [5.74, 6) is 0.194. The van der Waals surface area contributed by atoms with E-state index in [2.05, 4.69) is 10.2 Å². The maximum atomic E-state index is 12.6. The van der Waals surface area contributed by atoms with Crippen LogP contribution in [0.5, 0.6) is 5.75 Å². The third-order valence-corrected chi connectivity index (χ3v) is 5.36. The van der Waals surface area contributed by atoms with E-state index in [1.165, 1.54) is 0 Å². The minimum Gasteiger partial charge on any atom is -0.506 e. The second-order valence-electron chi connectivity index (χ2n) is 5.29. The number of halogens is 6. The maximum absolute atomic E-state index is 12.6. The van der Waals surface area contributed by atoms with Crippen LogP contribution >= 0.6 is 57.6 Å². The first-order valence-corrected chi connectivity index (χ1v) is 9.13. The molecule has 1 saturated heterocycles. The summed E-state index contributed by atoms with van der Waals surface area (Å²) in [6.07, 6.45) is -4.90. The van der Waals surface area contributed by atoms with Crippen molar-refractivity contribution in [2.45, 2.75) is 25.1 Å². The molecule has 3 nitrogen and oxygen atoms in total. The zero-order valence-electron chi connectivity index (χ0n) is 12.2. The molecule has 1 heterocycles. The third kappa shape index (κ3) is 6.37. The number of hydrogen-bond acceptors (Lipinski definition) is 3. The van der Waals surface area contributed by atoms with Gasteiger partial charge < -0.3 is 10.4 Å². The highest BCUT2D eigenvalue weighted by Gasteiger charge is 2.31. The van der Waals surface area contributed by atoms with E-state index in [4.69, 9.17) is 0 Å². The minimum absolute atomic E-state index is 0. The van der Waals surface area contributed by atoms with Crippen LogP contribution in [-0.4, -0.2) is 42.4 Å². The van der Waals surface area contributed by atoms with Crippen LogP contribution in [0.15, 0.2) is 12.1 Å².